The molecule has 218 valence electrons. The Balaban J connectivity index is 2.03. The molecule has 2 N–H and O–H groups in total. The van der Waals surface area contributed by atoms with Gasteiger partial charge in [-0.3, -0.25) is 33.7 Å². The highest BCUT2D eigenvalue weighted by Gasteiger charge is 2.25. The summed E-state index contributed by atoms with van der Waals surface area (Å²) in [6, 6.07) is 0. The van der Waals surface area contributed by atoms with Gasteiger partial charge in [-0.2, -0.15) is 0 Å². The van der Waals surface area contributed by atoms with Crippen LogP contribution >= 0.6 is 7.36 Å². The van der Waals surface area contributed by atoms with Gasteiger partial charge in [0.25, 0.3) is 11.8 Å². The molecule has 0 saturated heterocycles. The van der Waals surface area contributed by atoms with Crippen LogP contribution in [0.5, 0.6) is 0 Å². The van der Waals surface area contributed by atoms with E-state index in [-0.39, 0.29) is 77.1 Å². The van der Waals surface area contributed by atoms with E-state index in [0.717, 1.165) is 4.90 Å². The lowest BCUT2D eigenvalue weighted by molar-refractivity contribution is -0.156. The molecule has 39 heavy (non-hydrogen) atoms. The third-order valence-corrected chi connectivity index (χ3v) is 6.30. The average Bonchev–Trinajstić information content (AvgIpc) is 3.18. The summed E-state index contributed by atoms with van der Waals surface area (Å²) in [6.07, 6.45) is 4.10. The molecule has 4 amide bonds. The number of nitrogens with one attached hydrogen (secondary N) is 2. The van der Waals surface area contributed by atoms with E-state index in [9.17, 15) is 28.8 Å². The maximum Gasteiger partial charge on any atom is 0.307 e. The van der Waals surface area contributed by atoms with Crippen molar-refractivity contribution >= 4 is 54.3 Å². The van der Waals surface area contributed by atoms with Gasteiger partial charge in [0.15, 0.2) is 5.52 Å². The first-order valence-electron chi connectivity index (χ1n) is 12.7. The van der Waals surface area contributed by atoms with Crippen LogP contribution < -0.4 is 10.6 Å². The fraction of sp³-hybridized carbons (Fsp3) is 0.680. The summed E-state index contributed by atoms with van der Waals surface area (Å²) in [5, 5.41) is 5.36. The van der Waals surface area contributed by atoms with Gasteiger partial charge in [-0.05, 0) is 45.4 Å². The van der Waals surface area contributed by atoms with Gasteiger partial charge in [0.05, 0.1) is 33.6 Å². The third-order valence-electron chi connectivity index (χ3n) is 5.21. The van der Waals surface area contributed by atoms with Crippen molar-refractivity contribution in [1.82, 2.24) is 15.5 Å². The lowest BCUT2D eigenvalue weighted by Crippen LogP contribution is -2.35. The molecular formula is C25H38N3O9PS. The number of imide groups is 1. The first-order chi connectivity index (χ1) is 18.4. The fourth-order valence-corrected chi connectivity index (χ4v) is 4.18. The van der Waals surface area contributed by atoms with Crippen molar-refractivity contribution in [3.8, 4) is 0 Å². The van der Waals surface area contributed by atoms with Gasteiger partial charge in [-0.15, -0.1) is 0 Å². The molecule has 1 unspecified atom stereocenters. The van der Waals surface area contributed by atoms with Crippen LogP contribution in [-0.2, 0) is 54.8 Å². The largest absolute Gasteiger partial charge is 0.460 e. The number of carbonyl (C=O) groups is 6. The van der Waals surface area contributed by atoms with Gasteiger partial charge < -0.3 is 24.8 Å². The number of ether oxygens (including phenoxy) is 3. The lowest BCUT2D eigenvalue weighted by atomic mass is 9.99. The Bertz CT molecular complexity index is 903. The normalized spacial score (nSPS) is 14.0. The van der Waals surface area contributed by atoms with E-state index in [0.29, 0.717) is 25.8 Å². The number of nitrogens with zero attached hydrogens (tertiary/aromatic N) is 1. The van der Waals surface area contributed by atoms with Gasteiger partial charge in [-0.25, -0.2) is 0 Å². The molecule has 1 aliphatic rings. The van der Waals surface area contributed by atoms with E-state index < -0.39 is 29.3 Å². The van der Waals surface area contributed by atoms with Gasteiger partial charge >= 0.3 is 5.97 Å². The minimum absolute atomic E-state index is 0.00459. The summed E-state index contributed by atoms with van der Waals surface area (Å²) in [4.78, 5) is 71.6. The average molecular weight is 588 g/mol. The SMILES string of the molecule is CC(C)(C)OC(=O)CC(CCCCNC(=O)COCCOCCNC(=O)CCN1C(=O)C=CC1=O)C(=O)P=S. The smallest absolute Gasteiger partial charge is 0.307 e. The van der Waals surface area contributed by atoms with E-state index in [2.05, 4.69) is 10.6 Å². The van der Waals surface area contributed by atoms with E-state index in [1.165, 1.54) is 12.2 Å². The zero-order chi connectivity index (χ0) is 29.3. The molecule has 14 heteroatoms. The van der Waals surface area contributed by atoms with Gasteiger partial charge in [0, 0.05) is 44.1 Å². The van der Waals surface area contributed by atoms with Crippen molar-refractivity contribution in [1.29, 1.82) is 0 Å². The third kappa shape index (κ3) is 16.2. The van der Waals surface area contributed by atoms with Crippen LogP contribution in [0.4, 0.5) is 0 Å². The van der Waals surface area contributed by atoms with Crippen molar-refractivity contribution in [2.24, 2.45) is 5.92 Å². The molecule has 1 heterocycles. The second-order valence-corrected chi connectivity index (χ2v) is 10.9. The zero-order valence-electron chi connectivity index (χ0n) is 22.7. The molecule has 0 radical (unpaired) electrons. The standard InChI is InChI=1S/C25H38N3O9PS/c1-25(2,3)37-23(33)16-18(24(34)38-39)6-4-5-10-26-20(30)17-36-15-14-35-13-11-27-19(29)9-12-28-21(31)7-8-22(28)32/h7-8,18H,4-6,9-17H2,1-3H3,(H,26,30)(H,27,29). The van der Waals surface area contributed by atoms with Crippen LogP contribution in [0.15, 0.2) is 12.2 Å². The van der Waals surface area contributed by atoms with Crippen molar-refractivity contribution in [3.05, 3.63) is 12.2 Å². The topological polar surface area (TPSA) is 157 Å². The zero-order valence-corrected chi connectivity index (χ0v) is 24.4. The van der Waals surface area contributed by atoms with E-state index >= 15 is 0 Å². The summed E-state index contributed by atoms with van der Waals surface area (Å²) in [7, 11) is 0.193. The van der Waals surface area contributed by atoms with Gasteiger partial charge in [0.1, 0.15) is 12.2 Å². The Kier molecular flexibility index (Phi) is 16.5. The second-order valence-electron chi connectivity index (χ2n) is 9.69. The molecule has 0 bridgehead atoms. The van der Waals surface area contributed by atoms with Crippen molar-refractivity contribution in [3.63, 3.8) is 0 Å². The predicted octanol–water partition coefficient (Wildman–Crippen LogP) is 1.02. The summed E-state index contributed by atoms with van der Waals surface area (Å²) in [6.45, 7) is 6.54. The molecular weight excluding hydrogens is 549 g/mol. The number of carbonyl (C=O) groups excluding carboxylic acids is 6. The van der Waals surface area contributed by atoms with Crippen molar-refractivity contribution < 1.29 is 43.0 Å². The van der Waals surface area contributed by atoms with Crippen LogP contribution in [0.1, 0.15) is 52.9 Å². The van der Waals surface area contributed by atoms with Crippen LogP contribution in [0, 0.1) is 5.92 Å². The first kappa shape index (κ1) is 34.4. The number of esters is 1. The van der Waals surface area contributed by atoms with Crippen molar-refractivity contribution in [2.45, 2.75) is 58.5 Å². The lowest BCUT2D eigenvalue weighted by Gasteiger charge is -2.21. The monoisotopic (exact) mass is 587 g/mol. The second kappa shape index (κ2) is 18.6. The highest BCUT2D eigenvalue weighted by Crippen LogP contribution is 2.21. The number of amides is 4. The molecule has 0 fully saturated rings. The van der Waals surface area contributed by atoms with Crippen LogP contribution in [0.25, 0.3) is 0 Å². The van der Waals surface area contributed by atoms with E-state index in [4.69, 9.17) is 26.0 Å². The number of hydrogen-bond donors (Lipinski definition) is 2. The summed E-state index contributed by atoms with van der Waals surface area (Å²) < 4.78 is 15.9. The van der Waals surface area contributed by atoms with Crippen LogP contribution in [0.2, 0.25) is 0 Å². The highest BCUT2D eigenvalue weighted by molar-refractivity contribution is 8.03. The molecule has 0 aliphatic carbocycles. The molecule has 0 aromatic rings. The minimum Gasteiger partial charge on any atom is -0.460 e. The summed E-state index contributed by atoms with van der Waals surface area (Å²) >= 11 is 4.83. The highest BCUT2D eigenvalue weighted by atomic mass is 32.4. The summed E-state index contributed by atoms with van der Waals surface area (Å²) in [5.74, 6) is -2.35. The number of hydrogen-bond acceptors (Lipinski definition) is 10. The molecule has 1 rings (SSSR count). The number of unbranched alkanes of at least 4 members (excludes halogenated alkanes) is 1. The molecule has 0 saturated carbocycles. The maximum atomic E-state index is 12.1. The molecule has 1 atom stereocenters. The van der Waals surface area contributed by atoms with Crippen molar-refractivity contribution in [2.75, 3.05) is 46.1 Å². The predicted molar refractivity (Wildman–Crippen MR) is 145 cm³/mol. The van der Waals surface area contributed by atoms with Gasteiger partial charge in [0.2, 0.25) is 11.8 Å². The molecule has 0 aromatic carbocycles. The Morgan fingerprint density at radius 2 is 1.59 bits per heavy atom. The minimum atomic E-state index is -0.619. The Morgan fingerprint density at radius 3 is 2.23 bits per heavy atom. The maximum absolute atomic E-state index is 12.1. The van der Waals surface area contributed by atoms with Crippen LogP contribution in [0.3, 0.4) is 0 Å². The van der Waals surface area contributed by atoms with E-state index in [1.54, 1.807) is 20.8 Å². The molecule has 0 spiro atoms. The first-order valence-corrected chi connectivity index (χ1v) is 14.6. The molecule has 12 nitrogen and oxygen atoms in total. The van der Waals surface area contributed by atoms with Gasteiger partial charge in [-0.1, -0.05) is 6.42 Å². The Labute approximate surface area is 235 Å². The quantitative estimate of drug-likeness (QED) is 0.0912. The molecule has 1 aliphatic heterocycles. The van der Waals surface area contributed by atoms with E-state index in [1.807, 2.05) is 0 Å². The summed E-state index contributed by atoms with van der Waals surface area (Å²) in [5.41, 5.74) is -0.796. The fourth-order valence-electron chi connectivity index (χ4n) is 3.37. The molecule has 0 aromatic heterocycles. The van der Waals surface area contributed by atoms with Crippen LogP contribution in [-0.4, -0.2) is 91.7 Å². The number of rotatable bonds is 20. The Morgan fingerprint density at radius 1 is 0.949 bits per heavy atom. The Hall–Kier alpha value is -2.60.